The van der Waals surface area contributed by atoms with Crippen molar-refractivity contribution in [1.82, 2.24) is 9.80 Å². The van der Waals surface area contributed by atoms with Crippen molar-refractivity contribution in [2.45, 2.75) is 24.9 Å². The lowest BCUT2D eigenvalue weighted by Gasteiger charge is -2.42. The summed E-state index contributed by atoms with van der Waals surface area (Å²) in [7, 11) is 0. The molecule has 0 spiro atoms. The van der Waals surface area contributed by atoms with Crippen molar-refractivity contribution < 1.29 is 13.6 Å². The van der Waals surface area contributed by atoms with Crippen LogP contribution in [0.3, 0.4) is 0 Å². The van der Waals surface area contributed by atoms with Crippen molar-refractivity contribution in [2.24, 2.45) is 0 Å². The van der Waals surface area contributed by atoms with Crippen LogP contribution < -0.4 is 0 Å². The molecule has 2 aromatic rings. The van der Waals surface area contributed by atoms with Crippen LogP contribution in [-0.2, 0) is 0 Å². The smallest absolute Gasteiger partial charge is 0.254 e. The molecule has 1 aliphatic carbocycles. The summed E-state index contributed by atoms with van der Waals surface area (Å²) < 4.78 is 26.7. The number of benzene rings is 2. The van der Waals surface area contributed by atoms with Gasteiger partial charge in [0.05, 0.1) is 6.04 Å². The molecule has 5 heteroatoms. The summed E-state index contributed by atoms with van der Waals surface area (Å²) in [5.41, 5.74) is 1.27. The van der Waals surface area contributed by atoms with Crippen LogP contribution in [0.25, 0.3) is 0 Å². The molecule has 0 radical (unpaired) electrons. The van der Waals surface area contributed by atoms with E-state index in [0.29, 0.717) is 12.6 Å². The molecule has 1 saturated carbocycles. The maximum Gasteiger partial charge on any atom is 0.254 e. The van der Waals surface area contributed by atoms with E-state index in [1.54, 1.807) is 4.90 Å². The van der Waals surface area contributed by atoms with Crippen LogP contribution in [-0.4, -0.2) is 41.4 Å². The lowest BCUT2D eigenvalue weighted by molar-refractivity contribution is 0.0432. The average Bonchev–Trinajstić information content (AvgIpc) is 3.49. The number of halogens is 2. The van der Waals surface area contributed by atoms with Crippen molar-refractivity contribution in [3.05, 3.63) is 71.3 Å². The van der Waals surface area contributed by atoms with Crippen LogP contribution in [0.15, 0.2) is 48.5 Å². The molecule has 1 heterocycles. The second-order valence-electron chi connectivity index (χ2n) is 6.78. The zero-order valence-electron chi connectivity index (χ0n) is 13.9. The van der Waals surface area contributed by atoms with E-state index in [2.05, 4.69) is 4.90 Å². The molecule has 1 saturated heterocycles. The van der Waals surface area contributed by atoms with Gasteiger partial charge in [0.2, 0.25) is 0 Å². The highest BCUT2D eigenvalue weighted by Gasteiger charge is 2.38. The second kappa shape index (κ2) is 6.56. The molecule has 0 N–H and O–H groups in total. The molecular weight excluding hydrogens is 322 g/mol. The van der Waals surface area contributed by atoms with Crippen LogP contribution in [0.5, 0.6) is 0 Å². The first-order valence-electron chi connectivity index (χ1n) is 8.68. The molecule has 4 rings (SSSR count). The van der Waals surface area contributed by atoms with E-state index in [1.165, 1.54) is 18.9 Å². The maximum absolute atomic E-state index is 13.5. The zero-order chi connectivity index (χ0) is 17.4. The van der Waals surface area contributed by atoms with E-state index in [0.717, 1.165) is 30.8 Å². The van der Waals surface area contributed by atoms with E-state index in [1.807, 2.05) is 30.3 Å². The molecular formula is C20H20F2N2O. The van der Waals surface area contributed by atoms with E-state index in [-0.39, 0.29) is 17.5 Å². The fraction of sp³-hybridized carbons (Fsp3) is 0.350. The van der Waals surface area contributed by atoms with Gasteiger partial charge in [0.15, 0.2) is 11.6 Å². The number of piperazine rings is 1. The van der Waals surface area contributed by atoms with Crippen LogP contribution in [0.4, 0.5) is 8.78 Å². The topological polar surface area (TPSA) is 23.6 Å². The molecule has 1 aliphatic heterocycles. The van der Waals surface area contributed by atoms with Gasteiger partial charge in [-0.15, -0.1) is 0 Å². The number of carbonyl (C=O) groups excluding carboxylic acids is 1. The summed E-state index contributed by atoms with van der Waals surface area (Å²) in [6, 6.07) is 13.8. The largest absolute Gasteiger partial charge is 0.329 e. The van der Waals surface area contributed by atoms with E-state index >= 15 is 0 Å². The van der Waals surface area contributed by atoms with E-state index < -0.39 is 11.6 Å². The van der Waals surface area contributed by atoms with Crippen molar-refractivity contribution >= 4 is 5.91 Å². The molecule has 3 nitrogen and oxygen atoms in total. The van der Waals surface area contributed by atoms with Crippen molar-refractivity contribution in [1.29, 1.82) is 0 Å². The van der Waals surface area contributed by atoms with Gasteiger partial charge in [-0.2, -0.15) is 0 Å². The summed E-state index contributed by atoms with van der Waals surface area (Å²) in [6.07, 6.45) is 2.44. The Bertz CT molecular complexity index is 777. The summed E-state index contributed by atoms with van der Waals surface area (Å²) >= 11 is 0. The van der Waals surface area contributed by atoms with E-state index in [4.69, 9.17) is 0 Å². The molecule has 1 atom stereocenters. The molecule has 1 amide bonds. The minimum Gasteiger partial charge on any atom is -0.329 e. The first-order chi connectivity index (χ1) is 12.1. The predicted molar refractivity (Wildman–Crippen MR) is 91.2 cm³/mol. The van der Waals surface area contributed by atoms with Gasteiger partial charge in [-0.1, -0.05) is 30.3 Å². The Hall–Kier alpha value is -2.27. The molecule has 2 aromatic carbocycles. The monoisotopic (exact) mass is 342 g/mol. The molecule has 2 fully saturated rings. The fourth-order valence-electron chi connectivity index (χ4n) is 3.57. The number of nitrogens with zero attached hydrogens (tertiary/aromatic N) is 2. The lowest BCUT2D eigenvalue weighted by atomic mass is 10.0. The van der Waals surface area contributed by atoms with Gasteiger partial charge in [0.1, 0.15) is 0 Å². The number of hydrogen-bond donors (Lipinski definition) is 0. The summed E-state index contributed by atoms with van der Waals surface area (Å²) in [5.74, 6) is -2.17. The summed E-state index contributed by atoms with van der Waals surface area (Å²) in [6.45, 7) is 2.20. The Morgan fingerprint density at radius 3 is 2.40 bits per heavy atom. The molecule has 2 aliphatic rings. The Labute approximate surface area is 145 Å². The molecule has 1 unspecified atom stereocenters. The molecule has 130 valence electrons. The molecule has 25 heavy (non-hydrogen) atoms. The Balaban J connectivity index is 1.63. The molecule has 0 bridgehead atoms. The van der Waals surface area contributed by atoms with Gasteiger partial charge >= 0.3 is 0 Å². The SMILES string of the molecule is O=C(c1ccc(F)c(F)c1)N1CCN(C2CC2)CC1c1ccccc1. The van der Waals surface area contributed by atoms with E-state index in [9.17, 15) is 13.6 Å². The van der Waals surface area contributed by atoms with Crippen LogP contribution in [0, 0.1) is 11.6 Å². The fourth-order valence-corrected chi connectivity index (χ4v) is 3.57. The standard InChI is InChI=1S/C20H20F2N2O/c21-17-9-6-15(12-18(17)22)20(25)24-11-10-23(16-7-8-16)13-19(24)14-4-2-1-3-5-14/h1-6,9,12,16,19H,7-8,10-11,13H2. The quantitative estimate of drug-likeness (QED) is 0.850. The van der Waals surface area contributed by atoms with Crippen molar-refractivity contribution in [2.75, 3.05) is 19.6 Å². The van der Waals surface area contributed by atoms with Crippen LogP contribution in [0.2, 0.25) is 0 Å². The third-order valence-electron chi connectivity index (χ3n) is 5.09. The lowest BCUT2D eigenvalue weighted by Crippen LogP contribution is -2.51. The summed E-state index contributed by atoms with van der Waals surface area (Å²) in [4.78, 5) is 17.2. The van der Waals surface area contributed by atoms with Gasteiger partial charge < -0.3 is 4.90 Å². The average molecular weight is 342 g/mol. The first kappa shape index (κ1) is 16.2. The summed E-state index contributed by atoms with van der Waals surface area (Å²) in [5, 5.41) is 0. The highest BCUT2D eigenvalue weighted by atomic mass is 19.2. The van der Waals surface area contributed by atoms with Crippen molar-refractivity contribution in [3.8, 4) is 0 Å². The number of hydrogen-bond acceptors (Lipinski definition) is 2. The third kappa shape index (κ3) is 3.29. The first-order valence-corrected chi connectivity index (χ1v) is 8.68. The Morgan fingerprint density at radius 1 is 0.960 bits per heavy atom. The Morgan fingerprint density at radius 2 is 1.72 bits per heavy atom. The minimum atomic E-state index is -0.987. The number of rotatable bonds is 3. The number of carbonyl (C=O) groups is 1. The van der Waals surface area contributed by atoms with Gasteiger partial charge in [-0.3, -0.25) is 9.69 Å². The second-order valence-corrected chi connectivity index (χ2v) is 6.78. The molecule has 0 aromatic heterocycles. The minimum absolute atomic E-state index is 0.0730. The highest BCUT2D eigenvalue weighted by Crippen LogP contribution is 2.34. The van der Waals surface area contributed by atoms with Gasteiger partial charge in [0.25, 0.3) is 5.91 Å². The van der Waals surface area contributed by atoms with Crippen LogP contribution >= 0.6 is 0 Å². The van der Waals surface area contributed by atoms with Crippen molar-refractivity contribution in [3.63, 3.8) is 0 Å². The van der Waals surface area contributed by atoms with Gasteiger partial charge in [-0.25, -0.2) is 8.78 Å². The highest BCUT2D eigenvalue weighted by molar-refractivity contribution is 5.94. The van der Waals surface area contributed by atoms with Crippen LogP contribution in [0.1, 0.15) is 34.8 Å². The Kier molecular flexibility index (Phi) is 4.25. The normalized spacial score (nSPS) is 21.4. The maximum atomic E-state index is 13.5. The van der Waals surface area contributed by atoms with Gasteiger partial charge in [-0.05, 0) is 36.6 Å². The number of amides is 1. The predicted octanol–water partition coefficient (Wildman–Crippen LogP) is 3.63. The third-order valence-corrected chi connectivity index (χ3v) is 5.09. The van der Waals surface area contributed by atoms with Gasteiger partial charge in [0, 0.05) is 31.2 Å². The zero-order valence-corrected chi connectivity index (χ0v) is 13.9.